The number of benzene rings is 2. The molecule has 2 saturated heterocycles. The highest BCUT2D eigenvalue weighted by atomic mass is 127. The van der Waals surface area contributed by atoms with Gasteiger partial charge < -0.3 is 4.90 Å². The van der Waals surface area contributed by atoms with Gasteiger partial charge >= 0.3 is 0 Å². The van der Waals surface area contributed by atoms with Crippen molar-refractivity contribution in [3.63, 3.8) is 0 Å². The fraction of sp³-hybridized carbons (Fsp3) is 0.238. The van der Waals surface area contributed by atoms with E-state index in [0.717, 1.165) is 39.5 Å². The fourth-order valence-electron chi connectivity index (χ4n) is 3.32. The molecule has 2 aromatic carbocycles. The number of thioether (sulfide) groups is 1. The van der Waals surface area contributed by atoms with Gasteiger partial charge in [0.05, 0.1) is 11.4 Å². The first-order chi connectivity index (χ1) is 13.1. The highest BCUT2D eigenvalue weighted by molar-refractivity contribution is 14.1. The highest BCUT2D eigenvalue weighted by Gasteiger charge is 2.34. The van der Waals surface area contributed by atoms with E-state index in [2.05, 4.69) is 39.6 Å². The van der Waals surface area contributed by atoms with Crippen LogP contribution < -0.4 is 4.90 Å². The summed E-state index contributed by atoms with van der Waals surface area (Å²) >= 11 is 3.25. The van der Waals surface area contributed by atoms with Crippen molar-refractivity contribution in [3.05, 3.63) is 68.1 Å². The van der Waals surface area contributed by atoms with Crippen LogP contribution in [0.3, 0.4) is 0 Å². The van der Waals surface area contributed by atoms with Crippen LogP contribution in [-0.2, 0) is 11.3 Å². The van der Waals surface area contributed by atoms with Crippen LogP contribution in [0.5, 0.6) is 0 Å². The highest BCUT2D eigenvalue weighted by Crippen LogP contribution is 2.33. The SMILES string of the molecule is O=C1S/C(=C\c2ccc(N3CCCC3)cc2)C(=O)N1Cc1ccc(I)cc1. The number of hydrogen-bond donors (Lipinski definition) is 0. The molecule has 0 aliphatic carbocycles. The number of carbonyl (C=O) groups excluding carboxylic acids is 2. The molecule has 2 aliphatic heterocycles. The van der Waals surface area contributed by atoms with Crippen molar-refractivity contribution in [3.8, 4) is 0 Å². The summed E-state index contributed by atoms with van der Waals surface area (Å²) in [5.41, 5.74) is 3.11. The number of halogens is 1. The van der Waals surface area contributed by atoms with E-state index in [-0.39, 0.29) is 11.1 Å². The Kier molecular flexibility index (Phi) is 5.54. The Labute approximate surface area is 176 Å². The minimum atomic E-state index is -0.216. The molecule has 2 fully saturated rings. The number of anilines is 1. The van der Waals surface area contributed by atoms with Gasteiger partial charge in [-0.25, -0.2) is 0 Å². The van der Waals surface area contributed by atoms with Crippen molar-refractivity contribution in [1.82, 2.24) is 4.90 Å². The molecule has 0 spiro atoms. The Morgan fingerprint density at radius 3 is 2.30 bits per heavy atom. The van der Waals surface area contributed by atoms with E-state index in [1.807, 2.05) is 42.5 Å². The molecule has 138 valence electrons. The van der Waals surface area contributed by atoms with Crippen molar-refractivity contribution in [2.24, 2.45) is 0 Å². The normalized spacial score (nSPS) is 18.8. The number of nitrogens with zero attached hydrogens (tertiary/aromatic N) is 2. The largest absolute Gasteiger partial charge is 0.372 e. The number of hydrogen-bond acceptors (Lipinski definition) is 4. The van der Waals surface area contributed by atoms with Gasteiger partial charge in [-0.1, -0.05) is 24.3 Å². The Balaban J connectivity index is 1.48. The molecule has 4 rings (SSSR count). The molecular weight excluding hydrogens is 471 g/mol. The van der Waals surface area contributed by atoms with Crippen LogP contribution in [0, 0.1) is 3.57 Å². The maximum atomic E-state index is 12.7. The first-order valence-electron chi connectivity index (χ1n) is 8.95. The lowest BCUT2D eigenvalue weighted by Crippen LogP contribution is -2.27. The molecule has 4 nitrogen and oxygen atoms in total. The maximum Gasteiger partial charge on any atom is 0.293 e. The van der Waals surface area contributed by atoms with E-state index in [1.165, 1.54) is 23.4 Å². The zero-order valence-corrected chi connectivity index (χ0v) is 17.7. The third kappa shape index (κ3) is 4.21. The number of rotatable bonds is 4. The standard InChI is InChI=1S/C21H19IN2O2S/c22-17-7-3-16(4-8-17)14-24-20(25)19(27-21(24)26)13-15-5-9-18(10-6-15)23-11-1-2-12-23/h3-10,13H,1-2,11-12,14H2/b19-13-. The predicted octanol–water partition coefficient (Wildman–Crippen LogP) is 5.13. The number of carbonyl (C=O) groups is 2. The van der Waals surface area contributed by atoms with Crippen LogP contribution in [0.1, 0.15) is 24.0 Å². The molecule has 0 aromatic heterocycles. The minimum Gasteiger partial charge on any atom is -0.372 e. The molecule has 0 bridgehead atoms. The van der Waals surface area contributed by atoms with Crippen LogP contribution in [0.2, 0.25) is 0 Å². The molecule has 0 radical (unpaired) electrons. The van der Waals surface area contributed by atoms with Crippen LogP contribution in [0.15, 0.2) is 53.4 Å². The molecule has 2 aromatic rings. The molecular formula is C21H19IN2O2S. The predicted molar refractivity (Wildman–Crippen MR) is 119 cm³/mol. The maximum absolute atomic E-state index is 12.7. The average molecular weight is 490 g/mol. The van der Waals surface area contributed by atoms with E-state index in [9.17, 15) is 9.59 Å². The van der Waals surface area contributed by atoms with Crippen molar-refractivity contribution >= 4 is 57.3 Å². The molecule has 0 saturated carbocycles. The lowest BCUT2D eigenvalue weighted by Gasteiger charge is -2.17. The van der Waals surface area contributed by atoms with Crippen molar-refractivity contribution in [1.29, 1.82) is 0 Å². The van der Waals surface area contributed by atoms with Crippen molar-refractivity contribution < 1.29 is 9.59 Å². The number of amides is 2. The summed E-state index contributed by atoms with van der Waals surface area (Å²) in [6, 6.07) is 16.1. The van der Waals surface area contributed by atoms with Crippen molar-refractivity contribution in [2.75, 3.05) is 18.0 Å². The first kappa shape index (κ1) is 18.6. The summed E-state index contributed by atoms with van der Waals surface area (Å²) in [4.78, 5) is 29.2. The molecule has 0 unspecified atom stereocenters. The second kappa shape index (κ2) is 8.06. The van der Waals surface area contributed by atoms with Gasteiger partial charge in [-0.3, -0.25) is 14.5 Å². The fourth-order valence-corrected chi connectivity index (χ4v) is 4.51. The van der Waals surface area contributed by atoms with Crippen LogP contribution in [-0.4, -0.2) is 29.1 Å². The summed E-state index contributed by atoms with van der Waals surface area (Å²) < 4.78 is 1.13. The zero-order chi connectivity index (χ0) is 18.8. The van der Waals surface area contributed by atoms with Gasteiger partial charge in [0, 0.05) is 22.3 Å². The van der Waals surface area contributed by atoms with E-state index in [0.29, 0.717) is 11.4 Å². The van der Waals surface area contributed by atoms with Crippen LogP contribution in [0.25, 0.3) is 6.08 Å². The third-order valence-corrected chi connectivity index (χ3v) is 6.42. The molecule has 0 atom stereocenters. The van der Waals surface area contributed by atoms with E-state index >= 15 is 0 Å². The summed E-state index contributed by atoms with van der Waals surface area (Å²) in [6.45, 7) is 2.53. The van der Waals surface area contributed by atoms with Crippen LogP contribution >= 0.6 is 34.4 Å². The van der Waals surface area contributed by atoms with Gasteiger partial charge in [-0.15, -0.1) is 0 Å². The van der Waals surface area contributed by atoms with Gasteiger partial charge in [0.1, 0.15) is 0 Å². The van der Waals surface area contributed by atoms with E-state index < -0.39 is 0 Å². The smallest absolute Gasteiger partial charge is 0.293 e. The third-order valence-electron chi connectivity index (χ3n) is 4.79. The van der Waals surface area contributed by atoms with E-state index in [1.54, 1.807) is 0 Å². The topological polar surface area (TPSA) is 40.6 Å². The van der Waals surface area contributed by atoms with Gasteiger partial charge in [0.15, 0.2) is 0 Å². The zero-order valence-electron chi connectivity index (χ0n) is 14.7. The Bertz CT molecular complexity index is 887. The Morgan fingerprint density at radius 1 is 0.963 bits per heavy atom. The Morgan fingerprint density at radius 2 is 1.63 bits per heavy atom. The van der Waals surface area contributed by atoms with Crippen LogP contribution in [0.4, 0.5) is 10.5 Å². The first-order valence-corrected chi connectivity index (χ1v) is 10.8. The minimum absolute atomic E-state index is 0.210. The number of imide groups is 1. The lowest BCUT2D eigenvalue weighted by atomic mass is 10.1. The molecule has 0 N–H and O–H groups in total. The molecule has 2 amide bonds. The summed E-state index contributed by atoms with van der Waals surface area (Å²) in [6.07, 6.45) is 4.30. The van der Waals surface area contributed by atoms with Gasteiger partial charge in [0.2, 0.25) is 0 Å². The van der Waals surface area contributed by atoms with Crippen molar-refractivity contribution in [2.45, 2.75) is 19.4 Å². The molecule has 6 heteroatoms. The molecule has 2 aliphatic rings. The summed E-state index contributed by atoms with van der Waals surface area (Å²) in [7, 11) is 0. The average Bonchev–Trinajstić information content (AvgIpc) is 3.29. The van der Waals surface area contributed by atoms with Gasteiger partial charge in [-0.2, -0.15) is 0 Å². The van der Waals surface area contributed by atoms with E-state index in [4.69, 9.17) is 0 Å². The Hall–Kier alpha value is -1.80. The monoisotopic (exact) mass is 490 g/mol. The molecule has 2 heterocycles. The lowest BCUT2D eigenvalue weighted by molar-refractivity contribution is -0.123. The molecule has 27 heavy (non-hydrogen) atoms. The second-order valence-electron chi connectivity index (χ2n) is 6.68. The second-order valence-corrected chi connectivity index (χ2v) is 8.92. The summed E-state index contributed by atoms with van der Waals surface area (Å²) in [5, 5.41) is -0.210. The summed E-state index contributed by atoms with van der Waals surface area (Å²) in [5.74, 6) is -0.216. The van der Waals surface area contributed by atoms with Gasteiger partial charge in [0.25, 0.3) is 11.1 Å². The van der Waals surface area contributed by atoms with Gasteiger partial charge in [-0.05, 0) is 88.7 Å². The quantitative estimate of drug-likeness (QED) is 0.441.